The maximum Gasteiger partial charge on any atom is 0.209 e. The smallest absolute Gasteiger partial charge is 0.209 e. The van der Waals surface area contributed by atoms with E-state index in [1.54, 1.807) is 11.8 Å². The van der Waals surface area contributed by atoms with Crippen molar-refractivity contribution in [2.45, 2.75) is 29.8 Å². The molecular weight excluding hydrogens is 260 g/mol. The standard InChI is InChI=1S/C12H14N6S/c13-11(14)9-3-1-2-8(6-9)7-19-12-15-16-17-18(12)10-4-5-10/h1-3,6,10H,4-5,7H2,(H3,13,14). The summed E-state index contributed by atoms with van der Waals surface area (Å²) in [6, 6.07) is 8.19. The number of hydrogen-bond donors (Lipinski definition) is 2. The minimum atomic E-state index is 0.0923. The lowest BCUT2D eigenvalue weighted by Gasteiger charge is -2.04. The average Bonchev–Trinajstić information content (AvgIpc) is 3.16. The summed E-state index contributed by atoms with van der Waals surface area (Å²) in [6.07, 6.45) is 2.33. The van der Waals surface area contributed by atoms with E-state index >= 15 is 0 Å². The molecule has 3 N–H and O–H groups in total. The summed E-state index contributed by atoms with van der Waals surface area (Å²) in [4.78, 5) is 0. The molecule has 19 heavy (non-hydrogen) atoms. The van der Waals surface area contributed by atoms with E-state index in [2.05, 4.69) is 15.5 Å². The summed E-state index contributed by atoms with van der Waals surface area (Å²) in [6.45, 7) is 0. The number of benzene rings is 1. The van der Waals surface area contributed by atoms with Crippen molar-refractivity contribution < 1.29 is 0 Å². The molecule has 0 aliphatic heterocycles. The lowest BCUT2D eigenvalue weighted by Crippen LogP contribution is -2.10. The van der Waals surface area contributed by atoms with Crippen molar-refractivity contribution in [1.82, 2.24) is 20.2 Å². The molecule has 1 aliphatic carbocycles. The highest BCUT2D eigenvalue weighted by Crippen LogP contribution is 2.36. The maximum absolute atomic E-state index is 7.44. The third kappa shape index (κ3) is 2.76. The van der Waals surface area contributed by atoms with E-state index in [9.17, 15) is 0 Å². The second kappa shape index (κ2) is 5.00. The van der Waals surface area contributed by atoms with E-state index in [1.807, 2.05) is 28.9 Å². The zero-order valence-corrected chi connectivity index (χ0v) is 11.1. The van der Waals surface area contributed by atoms with Crippen molar-refractivity contribution >= 4 is 17.6 Å². The average molecular weight is 274 g/mol. The summed E-state index contributed by atoms with van der Waals surface area (Å²) >= 11 is 1.61. The molecule has 1 aliphatic rings. The Labute approximate surface area is 114 Å². The SMILES string of the molecule is N=C(N)c1cccc(CSc2nnnn2C2CC2)c1. The highest BCUT2D eigenvalue weighted by Gasteiger charge is 2.27. The zero-order valence-electron chi connectivity index (χ0n) is 10.3. The second-order valence-corrected chi connectivity index (χ2v) is 5.48. The Balaban J connectivity index is 1.70. The molecule has 1 aromatic heterocycles. The fraction of sp³-hybridized carbons (Fsp3) is 0.333. The van der Waals surface area contributed by atoms with Crippen LogP contribution in [0.2, 0.25) is 0 Å². The number of hydrogen-bond acceptors (Lipinski definition) is 5. The number of rotatable bonds is 5. The molecule has 0 bridgehead atoms. The van der Waals surface area contributed by atoms with Gasteiger partial charge in [-0.05, 0) is 34.9 Å². The van der Waals surface area contributed by atoms with Crippen molar-refractivity contribution in [1.29, 1.82) is 5.41 Å². The van der Waals surface area contributed by atoms with E-state index in [1.165, 1.54) is 12.8 Å². The molecule has 1 heterocycles. The normalized spacial score (nSPS) is 14.5. The molecule has 98 valence electrons. The van der Waals surface area contributed by atoms with Crippen LogP contribution < -0.4 is 5.73 Å². The predicted molar refractivity (Wildman–Crippen MR) is 73.1 cm³/mol. The van der Waals surface area contributed by atoms with E-state index in [4.69, 9.17) is 11.1 Å². The Kier molecular flexibility index (Phi) is 3.20. The molecule has 6 nitrogen and oxygen atoms in total. The molecule has 0 unspecified atom stereocenters. The predicted octanol–water partition coefficient (Wildman–Crippen LogP) is 1.58. The largest absolute Gasteiger partial charge is 0.384 e. The minimum Gasteiger partial charge on any atom is -0.384 e. The number of nitrogens with two attached hydrogens (primary N) is 1. The summed E-state index contributed by atoms with van der Waals surface area (Å²) < 4.78 is 1.90. The van der Waals surface area contributed by atoms with Crippen LogP contribution in [0.1, 0.15) is 30.0 Å². The van der Waals surface area contributed by atoms with E-state index < -0.39 is 0 Å². The monoisotopic (exact) mass is 274 g/mol. The number of thioether (sulfide) groups is 1. The van der Waals surface area contributed by atoms with Crippen molar-refractivity contribution in [2.75, 3.05) is 0 Å². The van der Waals surface area contributed by atoms with Gasteiger partial charge in [0, 0.05) is 11.3 Å². The summed E-state index contributed by atoms with van der Waals surface area (Å²) in [5.74, 6) is 0.864. The van der Waals surface area contributed by atoms with Crippen LogP contribution in [0.4, 0.5) is 0 Å². The Morgan fingerprint density at radius 1 is 1.47 bits per heavy atom. The molecule has 1 saturated carbocycles. The zero-order chi connectivity index (χ0) is 13.2. The summed E-state index contributed by atoms with van der Waals surface area (Å²) in [5, 5.41) is 20.1. The number of nitrogens with zero attached hydrogens (tertiary/aromatic N) is 4. The number of nitrogen functional groups attached to an aromatic ring is 1. The highest BCUT2D eigenvalue weighted by molar-refractivity contribution is 7.98. The van der Waals surface area contributed by atoms with Gasteiger partial charge in [0.1, 0.15) is 5.84 Å². The molecule has 0 amide bonds. The van der Waals surface area contributed by atoms with Gasteiger partial charge in [0.2, 0.25) is 5.16 Å². The molecule has 1 fully saturated rings. The van der Waals surface area contributed by atoms with Gasteiger partial charge < -0.3 is 5.73 Å². The van der Waals surface area contributed by atoms with Crippen LogP contribution in [0, 0.1) is 5.41 Å². The van der Waals surface area contributed by atoms with Gasteiger partial charge in [-0.1, -0.05) is 30.0 Å². The highest BCUT2D eigenvalue weighted by atomic mass is 32.2. The van der Waals surface area contributed by atoms with Gasteiger partial charge in [-0.3, -0.25) is 5.41 Å². The lowest BCUT2D eigenvalue weighted by molar-refractivity contribution is 0.565. The molecule has 0 spiro atoms. The van der Waals surface area contributed by atoms with Gasteiger partial charge in [-0.15, -0.1) is 5.10 Å². The maximum atomic E-state index is 7.44. The fourth-order valence-corrected chi connectivity index (χ4v) is 2.69. The van der Waals surface area contributed by atoms with Crippen LogP contribution in [0.5, 0.6) is 0 Å². The van der Waals surface area contributed by atoms with Crippen LogP contribution in [-0.4, -0.2) is 26.0 Å². The number of aromatic nitrogens is 4. The fourth-order valence-electron chi connectivity index (χ4n) is 1.81. The van der Waals surface area contributed by atoms with Crippen molar-refractivity contribution in [3.8, 4) is 0 Å². The van der Waals surface area contributed by atoms with Gasteiger partial charge in [-0.25, -0.2) is 4.68 Å². The Morgan fingerprint density at radius 3 is 3.05 bits per heavy atom. The van der Waals surface area contributed by atoms with E-state index in [-0.39, 0.29) is 5.84 Å². The van der Waals surface area contributed by atoms with Crippen molar-refractivity contribution in [3.63, 3.8) is 0 Å². The molecule has 0 saturated heterocycles. The van der Waals surface area contributed by atoms with Gasteiger partial charge in [0.15, 0.2) is 0 Å². The van der Waals surface area contributed by atoms with Gasteiger partial charge >= 0.3 is 0 Å². The molecule has 1 aromatic carbocycles. The quantitative estimate of drug-likeness (QED) is 0.490. The molecule has 0 atom stereocenters. The molecule has 2 aromatic rings. The van der Waals surface area contributed by atoms with Gasteiger partial charge in [0.25, 0.3) is 0 Å². The number of tetrazole rings is 1. The van der Waals surface area contributed by atoms with Crippen molar-refractivity contribution in [3.05, 3.63) is 35.4 Å². The van der Waals surface area contributed by atoms with Crippen molar-refractivity contribution in [2.24, 2.45) is 5.73 Å². The third-order valence-electron chi connectivity index (χ3n) is 2.96. The second-order valence-electron chi connectivity index (χ2n) is 4.54. The first-order valence-corrected chi connectivity index (χ1v) is 7.06. The Bertz CT molecular complexity index is 604. The lowest BCUT2D eigenvalue weighted by atomic mass is 10.1. The van der Waals surface area contributed by atoms with Crippen LogP contribution in [0.3, 0.4) is 0 Å². The van der Waals surface area contributed by atoms with E-state index in [0.717, 1.165) is 22.0 Å². The molecular formula is C12H14N6S. The number of nitrogens with one attached hydrogen (secondary N) is 1. The van der Waals surface area contributed by atoms with Gasteiger partial charge in [0.05, 0.1) is 6.04 Å². The molecule has 3 rings (SSSR count). The molecule has 0 radical (unpaired) electrons. The first-order chi connectivity index (χ1) is 9.24. The third-order valence-corrected chi connectivity index (χ3v) is 3.97. The first kappa shape index (κ1) is 12.2. The minimum absolute atomic E-state index is 0.0923. The Morgan fingerprint density at radius 2 is 2.32 bits per heavy atom. The van der Waals surface area contributed by atoms with Crippen LogP contribution in [0.25, 0.3) is 0 Å². The van der Waals surface area contributed by atoms with Gasteiger partial charge in [-0.2, -0.15) is 0 Å². The molecule has 7 heteroatoms. The Hall–Kier alpha value is -1.89. The summed E-state index contributed by atoms with van der Waals surface area (Å²) in [5.41, 5.74) is 7.35. The number of amidine groups is 1. The summed E-state index contributed by atoms with van der Waals surface area (Å²) in [7, 11) is 0. The first-order valence-electron chi connectivity index (χ1n) is 6.08. The van der Waals surface area contributed by atoms with E-state index in [0.29, 0.717) is 6.04 Å². The topological polar surface area (TPSA) is 93.5 Å². The van der Waals surface area contributed by atoms with Crippen LogP contribution in [-0.2, 0) is 5.75 Å². The van der Waals surface area contributed by atoms with Crippen LogP contribution in [0.15, 0.2) is 29.4 Å². The van der Waals surface area contributed by atoms with Crippen LogP contribution >= 0.6 is 11.8 Å².